The highest BCUT2D eigenvalue weighted by atomic mass is 16.7. The zero-order chi connectivity index (χ0) is 9.38. The average Bonchev–Trinajstić information content (AvgIpc) is 2.88. The number of nitrogens with zero attached hydrogens (tertiary/aromatic N) is 1. The maximum absolute atomic E-state index is 5.39. The van der Waals surface area contributed by atoms with Crippen molar-refractivity contribution in [2.24, 2.45) is 0 Å². The fourth-order valence-corrected chi connectivity index (χ4v) is 1.83. The second-order valence-electron chi connectivity index (χ2n) is 3.49. The lowest BCUT2D eigenvalue weighted by Crippen LogP contribution is -2.03. The first-order valence-corrected chi connectivity index (χ1v) is 4.90. The van der Waals surface area contributed by atoms with Crippen LogP contribution in [0, 0.1) is 0 Å². The molecule has 3 rings (SSSR count). The van der Waals surface area contributed by atoms with Crippen molar-refractivity contribution in [3.05, 3.63) is 23.4 Å². The minimum atomic E-state index is -0.261. The van der Waals surface area contributed by atoms with Crippen molar-refractivity contribution in [2.45, 2.75) is 12.7 Å². The van der Waals surface area contributed by atoms with E-state index in [1.807, 2.05) is 6.07 Å². The molecular formula is C10H12N2O2. The van der Waals surface area contributed by atoms with Crippen LogP contribution < -0.4 is 5.32 Å². The summed E-state index contributed by atoms with van der Waals surface area (Å²) in [5, 5.41) is 3.24. The quantitative estimate of drug-likeness (QED) is 0.723. The van der Waals surface area contributed by atoms with Gasteiger partial charge in [-0.05, 0) is 18.1 Å². The SMILES string of the molecule is c1cc2c(nc1C1OCCO1)NCC2. The summed E-state index contributed by atoms with van der Waals surface area (Å²) in [4.78, 5) is 4.47. The van der Waals surface area contributed by atoms with E-state index in [4.69, 9.17) is 9.47 Å². The molecule has 1 fully saturated rings. The van der Waals surface area contributed by atoms with Gasteiger partial charge in [-0.25, -0.2) is 4.98 Å². The molecule has 0 radical (unpaired) electrons. The van der Waals surface area contributed by atoms with Crippen molar-refractivity contribution in [3.8, 4) is 0 Å². The van der Waals surface area contributed by atoms with E-state index in [9.17, 15) is 0 Å². The van der Waals surface area contributed by atoms with Gasteiger partial charge in [0.25, 0.3) is 0 Å². The van der Waals surface area contributed by atoms with Crippen LogP contribution in [0.2, 0.25) is 0 Å². The Kier molecular flexibility index (Phi) is 1.89. The monoisotopic (exact) mass is 192 g/mol. The molecule has 4 heteroatoms. The van der Waals surface area contributed by atoms with Gasteiger partial charge >= 0.3 is 0 Å². The Balaban J connectivity index is 1.91. The maximum Gasteiger partial charge on any atom is 0.201 e. The summed E-state index contributed by atoms with van der Waals surface area (Å²) in [7, 11) is 0. The number of rotatable bonds is 1. The maximum atomic E-state index is 5.39. The van der Waals surface area contributed by atoms with Gasteiger partial charge in [0.15, 0.2) is 0 Å². The Morgan fingerprint density at radius 2 is 2.14 bits per heavy atom. The Morgan fingerprint density at radius 3 is 3.00 bits per heavy atom. The van der Waals surface area contributed by atoms with E-state index < -0.39 is 0 Å². The standard InChI is InChI=1S/C10H12N2O2/c1-2-8(10-13-5-6-14-10)12-9-7(1)3-4-11-9/h1-2,10H,3-6H2,(H,11,12). The fourth-order valence-electron chi connectivity index (χ4n) is 1.83. The molecule has 2 aliphatic rings. The molecule has 0 saturated carbocycles. The number of ether oxygens (including phenoxy) is 2. The molecule has 0 bridgehead atoms. The van der Waals surface area contributed by atoms with Crippen molar-refractivity contribution in [1.82, 2.24) is 4.98 Å². The van der Waals surface area contributed by atoms with E-state index in [1.165, 1.54) is 5.56 Å². The molecular weight excluding hydrogens is 180 g/mol. The van der Waals surface area contributed by atoms with E-state index in [1.54, 1.807) is 0 Å². The normalized spacial score (nSPS) is 20.9. The summed E-state index contributed by atoms with van der Waals surface area (Å²) in [5.74, 6) is 0.988. The van der Waals surface area contributed by atoms with Crippen molar-refractivity contribution >= 4 is 5.82 Å². The largest absolute Gasteiger partial charge is 0.369 e. The Labute approximate surface area is 82.2 Å². The second-order valence-corrected chi connectivity index (χ2v) is 3.49. The first-order valence-electron chi connectivity index (χ1n) is 4.90. The minimum absolute atomic E-state index is 0.261. The zero-order valence-electron chi connectivity index (χ0n) is 7.82. The van der Waals surface area contributed by atoms with Crippen LogP contribution in [0.4, 0.5) is 5.82 Å². The first-order chi connectivity index (χ1) is 6.93. The van der Waals surface area contributed by atoms with E-state index in [0.29, 0.717) is 13.2 Å². The third kappa shape index (κ3) is 1.27. The fraction of sp³-hybridized carbons (Fsp3) is 0.500. The highest BCUT2D eigenvalue weighted by Gasteiger charge is 2.21. The highest BCUT2D eigenvalue weighted by Crippen LogP contribution is 2.26. The molecule has 1 saturated heterocycles. The molecule has 0 amide bonds. The number of nitrogens with one attached hydrogen (secondary N) is 1. The molecule has 0 unspecified atom stereocenters. The van der Waals surface area contributed by atoms with Crippen molar-refractivity contribution in [3.63, 3.8) is 0 Å². The van der Waals surface area contributed by atoms with Gasteiger partial charge in [0.2, 0.25) is 6.29 Å². The zero-order valence-corrected chi connectivity index (χ0v) is 7.82. The lowest BCUT2D eigenvalue weighted by molar-refractivity contribution is -0.0471. The smallest absolute Gasteiger partial charge is 0.201 e. The molecule has 14 heavy (non-hydrogen) atoms. The van der Waals surface area contributed by atoms with Gasteiger partial charge in [0.1, 0.15) is 5.82 Å². The molecule has 1 N–H and O–H groups in total. The molecule has 3 heterocycles. The van der Waals surface area contributed by atoms with E-state index in [-0.39, 0.29) is 6.29 Å². The predicted molar refractivity (Wildman–Crippen MR) is 51.1 cm³/mol. The average molecular weight is 192 g/mol. The van der Waals surface area contributed by atoms with Gasteiger partial charge < -0.3 is 14.8 Å². The van der Waals surface area contributed by atoms with Crippen LogP contribution in [-0.4, -0.2) is 24.7 Å². The molecule has 2 aliphatic heterocycles. The molecule has 0 atom stereocenters. The summed E-state index contributed by atoms with van der Waals surface area (Å²) in [5.41, 5.74) is 2.15. The molecule has 4 nitrogen and oxygen atoms in total. The summed E-state index contributed by atoms with van der Waals surface area (Å²) in [6.45, 7) is 2.31. The topological polar surface area (TPSA) is 43.4 Å². The van der Waals surface area contributed by atoms with Crippen LogP contribution in [-0.2, 0) is 15.9 Å². The molecule has 74 valence electrons. The van der Waals surface area contributed by atoms with Crippen LogP contribution >= 0.6 is 0 Å². The first kappa shape index (κ1) is 8.20. The van der Waals surface area contributed by atoms with E-state index >= 15 is 0 Å². The van der Waals surface area contributed by atoms with Gasteiger partial charge in [0, 0.05) is 6.54 Å². The predicted octanol–water partition coefficient (Wildman–Crippen LogP) is 1.09. The van der Waals surface area contributed by atoms with Gasteiger partial charge in [-0.1, -0.05) is 6.07 Å². The summed E-state index contributed by atoms with van der Waals surface area (Å²) in [6, 6.07) is 4.09. The summed E-state index contributed by atoms with van der Waals surface area (Å²) in [6.07, 6.45) is 0.803. The second kappa shape index (κ2) is 3.22. The number of hydrogen-bond acceptors (Lipinski definition) is 4. The van der Waals surface area contributed by atoms with Gasteiger partial charge in [-0.3, -0.25) is 0 Å². The van der Waals surface area contributed by atoms with E-state index in [2.05, 4.69) is 16.4 Å². The number of hydrogen-bond donors (Lipinski definition) is 1. The molecule has 1 aromatic rings. The highest BCUT2D eigenvalue weighted by molar-refractivity contribution is 5.49. The Morgan fingerprint density at radius 1 is 1.29 bits per heavy atom. The Hall–Kier alpha value is -1.13. The summed E-state index contributed by atoms with van der Waals surface area (Å²) < 4.78 is 10.8. The van der Waals surface area contributed by atoms with Gasteiger partial charge in [-0.2, -0.15) is 0 Å². The van der Waals surface area contributed by atoms with Crippen molar-refractivity contribution in [2.75, 3.05) is 25.1 Å². The van der Waals surface area contributed by atoms with Crippen LogP contribution in [0.1, 0.15) is 17.5 Å². The van der Waals surface area contributed by atoms with Gasteiger partial charge in [0.05, 0.1) is 18.9 Å². The molecule has 0 spiro atoms. The molecule has 0 aromatic carbocycles. The number of pyridine rings is 1. The van der Waals surface area contributed by atoms with E-state index in [0.717, 1.165) is 24.5 Å². The van der Waals surface area contributed by atoms with Crippen molar-refractivity contribution in [1.29, 1.82) is 0 Å². The molecule has 1 aromatic heterocycles. The number of fused-ring (bicyclic) bond motifs is 1. The third-order valence-electron chi connectivity index (χ3n) is 2.55. The number of aromatic nitrogens is 1. The third-order valence-corrected chi connectivity index (χ3v) is 2.55. The Bertz CT molecular complexity index is 348. The van der Waals surface area contributed by atoms with Crippen LogP contribution in [0.15, 0.2) is 12.1 Å². The van der Waals surface area contributed by atoms with Gasteiger partial charge in [-0.15, -0.1) is 0 Å². The number of anilines is 1. The van der Waals surface area contributed by atoms with Crippen LogP contribution in [0.25, 0.3) is 0 Å². The van der Waals surface area contributed by atoms with Crippen LogP contribution in [0.3, 0.4) is 0 Å². The molecule has 0 aliphatic carbocycles. The summed E-state index contributed by atoms with van der Waals surface area (Å²) >= 11 is 0. The minimum Gasteiger partial charge on any atom is -0.369 e. The lowest BCUT2D eigenvalue weighted by Gasteiger charge is -2.09. The van der Waals surface area contributed by atoms with Crippen molar-refractivity contribution < 1.29 is 9.47 Å². The lowest BCUT2D eigenvalue weighted by atomic mass is 10.2. The van der Waals surface area contributed by atoms with Crippen LogP contribution in [0.5, 0.6) is 0 Å².